The van der Waals surface area contributed by atoms with E-state index < -0.39 is 18.5 Å². The average Bonchev–Trinajstić information content (AvgIpc) is 3.37. The van der Waals surface area contributed by atoms with Crippen LogP contribution in [0.3, 0.4) is 0 Å². The molecule has 184 valence electrons. The van der Waals surface area contributed by atoms with Gasteiger partial charge in [-0.1, -0.05) is 36.4 Å². The standard InChI is InChI=1S/C29H23FN4O3/c30-24-15-12-22(13-16-24)29-23(20-34(32-29)26-10-5-2-6-11-26)14-17-28(36)37-21-27(35)33(19-7-18-31)25-8-3-1-4-9-25/h1-6,8-17,20H,7,19,21H2. The van der Waals surface area contributed by atoms with Crippen LogP contribution in [0, 0.1) is 17.1 Å². The zero-order valence-electron chi connectivity index (χ0n) is 19.8. The van der Waals surface area contributed by atoms with Gasteiger partial charge in [0.1, 0.15) is 5.82 Å². The lowest BCUT2D eigenvalue weighted by Gasteiger charge is -2.21. The van der Waals surface area contributed by atoms with Gasteiger partial charge < -0.3 is 9.64 Å². The number of aromatic nitrogens is 2. The number of halogens is 1. The Morgan fingerprint density at radius 1 is 1.00 bits per heavy atom. The first-order valence-electron chi connectivity index (χ1n) is 11.5. The lowest BCUT2D eigenvalue weighted by Crippen LogP contribution is -2.35. The number of esters is 1. The van der Waals surface area contributed by atoms with Gasteiger partial charge in [-0.25, -0.2) is 13.9 Å². The number of benzene rings is 3. The molecule has 0 saturated heterocycles. The Morgan fingerprint density at radius 2 is 1.68 bits per heavy atom. The predicted molar refractivity (Wildman–Crippen MR) is 138 cm³/mol. The molecular weight excluding hydrogens is 471 g/mol. The minimum Gasteiger partial charge on any atom is -0.452 e. The highest BCUT2D eigenvalue weighted by Crippen LogP contribution is 2.25. The third kappa shape index (κ3) is 6.55. The van der Waals surface area contributed by atoms with Crippen molar-refractivity contribution in [3.05, 3.63) is 109 Å². The molecule has 0 unspecified atom stereocenters. The quantitative estimate of drug-likeness (QED) is 0.236. The molecule has 8 heteroatoms. The van der Waals surface area contributed by atoms with Crippen LogP contribution in [0.4, 0.5) is 10.1 Å². The summed E-state index contributed by atoms with van der Waals surface area (Å²) in [5, 5.41) is 13.5. The van der Waals surface area contributed by atoms with E-state index in [4.69, 9.17) is 10.00 Å². The van der Waals surface area contributed by atoms with Crippen molar-refractivity contribution in [1.29, 1.82) is 5.26 Å². The predicted octanol–water partition coefficient (Wildman–Crippen LogP) is 5.18. The third-order valence-electron chi connectivity index (χ3n) is 5.43. The van der Waals surface area contributed by atoms with Crippen molar-refractivity contribution < 1.29 is 18.7 Å². The molecule has 0 saturated carbocycles. The van der Waals surface area contributed by atoms with E-state index in [9.17, 15) is 14.0 Å². The van der Waals surface area contributed by atoms with Gasteiger partial charge in [-0.3, -0.25) is 4.79 Å². The Balaban J connectivity index is 1.49. The van der Waals surface area contributed by atoms with E-state index in [-0.39, 0.29) is 18.8 Å². The number of nitrogens with zero attached hydrogens (tertiary/aromatic N) is 4. The highest BCUT2D eigenvalue weighted by molar-refractivity contribution is 5.96. The first-order valence-corrected chi connectivity index (χ1v) is 11.5. The summed E-state index contributed by atoms with van der Waals surface area (Å²) in [6, 6.07) is 26.2. The molecule has 4 aromatic rings. The van der Waals surface area contributed by atoms with Gasteiger partial charge in [0.05, 0.1) is 23.9 Å². The minimum absolute atomic E-state index is 0.145. The molecule has 0 aliphatic rings. The molecule has 0 bridgehead atoms. The first kappa shape index (κ1) is 25.1. The Kier molecular flexibility index (Phi) is 8.19. The maximum atomic E-state index is 13.5. The smallest absolute Gasteiger partial charge is 0.331 e. The second kappa shape index (κ2) is 12.1. The van der Waals surface area contributed by atoms with Gasteiger partial charge in [0, 0.05) is 35.6 Å². The van der Waals surface area contributed by atoms with Crippen molar-refractivity contribution in [1.82, 2.24) is 9.78 Å². The molecule has 0 fully saturated rings. The molecule has 1 heterocycles. The topological polar surface area (TPSA) is 88.2 Å². The van der Waals surface area contributed by atoms with E-state index in [1.807, 2.05) is 42.5 Å². The number of hydrogen-bond donors (Lipinski definition) is 0. The van der Waals surface area contributed by atoms with Gasteiger partial charge in [0.2, 0.25) is 0 Å². The van der Waals surface area contributed by atoms with E-state index >= 15 is 0 Å². The van der Waals surface area contributed by atoms with Gasteiger partial charge in [-0.2, -0.15) is 10.4 Å². The van der Waals surface area contributed by atoms with Crippen LogP contribution in [0.15, 0.2) is 97.2 Å². The van der Waals surface area contributed by atoms with Crippen molar-refractivity contribution in [2.75, 3.05) is 18.1 Å². The van der Waals surface area contributed by atoms with Crippen molar-refractivity contribution in [2.24, 2.45) is 0 Å². The zero-order chi connectivity index (χ0) is 26.0. The molecule has 37 heavy (non-hydrogen) atoms. The molecule has 0 aliphatic carbocycles. The Labute approximate surface area is 213 Å². The van der Waals surface area contributed by atoms with E-state index in [2.05, 4.69) is 5.10 Å². The summed E-state index contributed by atoms with van der Waals surface area (Å²) in [4.78, 5) is 26.6. The fourth-order valence-electron chi connectivity index (χ4n) is 3.64. The van der Waals surface area contributed by atoms with Crippen LogP contribution < -0.4 is 4.90 Å². The SMILES string of the molecule is N#CCCN(C(=O)COC(=O)C=Cc1cn(-c2ccccc2)nc1-c1ccc(F)cc1)c1ccccc1. The van der Waals surface area contributed by atoms with Crippen LogP contribution >= 0.6 is 0 Å². The van der Waals surface area contributed by atoms with Crippen LogP contribution in [0.25, 0.3) is 23.0 Å². The summed E-state index contributed by atoms with van der Waals surface area (Å²) in [6.45, 7) is -0.288. The summed E-state index contributed by atoms with van der Waals surface area (Å²) in [5.74, 6) is -1.51. The lowest BCUT2D eigenvalue weighted by molar-refractivity contribution is -0.142. The number of carbonyl (C=O) groups excluding carboxylic acids is 2. The fourth-order valence-corrected chi connectivity index (χ4v) is 3.64. The highest BCUT2D eigenvalue weighted by Gasteiger charge is 2.17. The molecule has 1 aromatic heterocycles. The van der Waals surface area contributed by atoms with Crippen molar-refractivity contribution in [3.8, 4) is 23.0 Å². The molecule has 0 radical (unpaired) electrons. The number of rotatable bonds is 9. The highest BCUT2D eigenvalue weighted by atomic mass is 19.1. The Hall–Kier alpha value is -5.03. The minimum atomic E-state index is -0.709. The summed E-state index contributed by atoms with van der Waals surface area (Å²) < 4.78 is 20.3. The number of ether oxygens (including phenoxy) is 1. The summed E-state index contributed by atoms with van der Waals surface area (Å²) in [5.41, 5.74) is 3.27. The van der Waals surface area contributed by atoms with Crippen LogP contribution in [-0.4, -0.2) is 34.8 Å². The summed E-state index contributed by atoms with van der Waals surface area (Å²) in [7, 11) is 0. The molecule has 0 aliphatic heterocycles. The number of hydrogen-bond acceptors (Lipinski definition) is 5. The number of carbonyl (C=O) groups is 2. The van der Waals surface area contributed by atoms with E-state index in [1.165, 1.54) is 23.1 Å². The molecule has 1 amide bonds. The maximum Gasteiger partial charge on any atom is 0.331 e. The first-order chi connectivity index (χ1) is 18.0. The summed E-state index contributed by atoms with van der Waals surface area (Å²) >= 11 is 0. The normalized spacial score (nSPS) is 10.7. The van der Waals surface area contributed by atoms with Crippen LogP contribution in [0.5, 0.6) is 0 Å². The number of anilines is 1. The molecule has 7 nitrogen and oxygen atoms in total. The van der Waals surface area contributed by atoms with Gasteiger partial charge in [0.25, 0.3) is 5.91 Å². The van der Waals surface area contributed by atoms with Crippen molar-refractivity contribution in [2.45, 2.75) is 6.42 Å². The number of amides is 1. The Bertz CT molecular complexity index is 1430. The number of nitriles is 1. The van der Waals surface area contributed by atoms with E-state index in [0.717, 1.165) is 5.69 Å². The van der Waals surface area contributed by atoms with E-state index in [0.29, 0.717) is 22.5 Å². The van der Waals surface area contributed by atoms with Gasteiger partial charge in [-0.15, -0.1) is 0 Å². The molecule has 0 spiro atoms. The summed E-state index contributed by atoms with van der Waals surface area (Å²) in [6.07, 6.45) is 4.66. The zero-order valence-corrected chi connectivity index (χ0v) is 19.8. The van der Waals surface area contributed by atoms with E-state index in [1.54, 1.807) is 53.4 Å². The van der Waals surface area contributed by atoms with Crippen molar-refractivity contribution in [3.63, 3.8) is 0 Å². The monoisotopic (exact) mass is 494 g/mol. The molecule has 0 atom stereocenters. The van der Waals surface area contributed by atoms with Gasteiger partial charge >= 0.3 is 5.97 Å². The molecule has 0 N–H and O–H groups in total. The maximum absolute atomic E-state index is 13.5. The molecular formula is C29H23FN4O3. The van der Waals surface area contributed by atoms with Gasteiger partial charge in [0.15, 0.2) is 6.61 Å². The Morgan fingerprint density at radius 3 is 2.35 bits per heavy atom. The van der Waals surface area contributed by atoms with Crippen LogP contribution in [0.1, 0.15) is 12.0 Å². The second-order valence-electron chi connectivity index (χ2n) is 7.95. The van der Waals surface area contributed by atoms with Crippen molar-refractivity contribution >= 4 is 23.6 Å². The molecule has 4 rings (SSSR count). The average molecular weight is 495 g/mol. The van der Waals surface area contributed by atoms with Crippen LogP contribution in [-0.2, 0) is 14.3 Å². The second-order valence-corrected chi connectivity index (χ2v) is 7.95. The van der Waals surface area contributed by atoms with Crippen LogP contribution in [0.2, 0.25) is 0 Å². The van der Waals surface area contributed by atoms with Gasteiger partial charge in [-0.05, 0) is 54.6 Å². The fraction of sp³-hybridized carbons (Fsp3) is 0.103. The third-order valence-corrected chi connectivity index (χ3v) is 5.43. The largest absolute Gasteiger partial charge is 0.452 e. The number of para-hydroxylation sites is 2. The lowest BCUT2D eigenvalue weighted by atomic mass is 10.1. The molecule has 3 aromatic carbocycles.